The molecule has 1 amide bonds. The molecule has 1 aromatic carbocycles. The van der Waals surface area contributed by atoms with E-state index in [1.54, 1.807) is 12.1 Å². The first-order valence-electron chi connectivity index (χ1n) is 6.09. The molecular formula is C14H18FNO. The van der Waals surface area contributed by atoms with E-state index >= 15 is 0 Å². The van der Waals surface area contributed by atoms with E-state index < -0.39 is 5.82 Å². The van der Waals surface area contributed by atoms with Crippen LogP contribution in [0.5, 0.6) is 0 Å². The number of benzene rings is 1. The van der Waals surface area contributed by atoms with Crippen molar-refractivity contribution in [2.75, 3.05) is 0 Å². The molecule has 0 spiro atoms. The van der Waals surface area contributed by atoms with Crippen LogP contribution in [0.25, 0.3) is 0 Å². The first kappa shape index (κ1) is 12.1. The van der Waals surface area contributed by atoms with Crippen LogP contribution in [0.2, 0.25) is 0 Å². The minimum Gasteiger partial charge on any atom is -0.347 e. The third kappa shape index (κ3) is 2.65. The second-order valence-electron chi connectivity index (χ2n) is 5.21. The molecule has 0 radical (unpaired) electrons. The molecule has 2 nitrogen and oxygen atoms in total. The summed E-state index contributed by atoms with van der Waals surface area (Å²) in [6, 6.07) is 4.71. The van der Waals surface area contributed by atoms with E-state index in [0.717, 1.165) is 31.2 Å². The van der Waals surface area contributed by atoms with Crippen LogP contribution in [0.4, 0.5) is 4.39 Å². The van der Waals surface area contributed by atoms with Gasteiger partial charge in [0.15, 0.2) is 0 Å². The van der Waals surface area contributed by atoms with E-state index in [1.807, 2.05) is 13.8 Å². The molecule has 1 aliphatic rings. The Kier molecular flexibility index (Phi) is 3.18. The maximum absolute atomic E-state index is 13.6. The van der Waals surface area contributed by atoms with Gasteiger partial charge in [-0.3, -0.25) is 4.79 Å². The molecule has 1 aliphatic carbocycles. The Bertz CT molecular complexity index is 436. The topological polar surface area (TPSA) is 29.1 Å². The summed E-state index contributed by atoms with van der Waals surface area (Å²) in [7, 11) is 0. The normalized spacial score (nSPS) is 18.1. The molecule has 17 heavy (non-hydrogen) atoms. The number of carbonyl (C=O) groups excluding carboxylic acids is 1. The molecular weight excluding hydrogens is 217 g/mol. The molecule has 0 saturated heterocycles. The quantitative estimate of drug-likeness (QED) is 0.838. The van der Waals surface area contributed by atoms with Gasteiger partial charge in [-0.2, -0.15) is 0 Å². The monoisotopic (exact) mass is 235 g/mol. The van der Waals surface area contributed by atoms with Crippen molar-refractivity contribution in [3.05, 3.63) is 35.1 Å². The molecule has 1 fully saturated rings. The maximum Gasteiger partial charge on any atom is 0.254 e. The fraction of sp³-hybridized carbons (Fsp3) is 0.500. The van der Waals surface area contributed by atoms with E-state index in [-0.39, 0.29) is 17.0 Å². The molecule has 3 heteroatoms. The Hall–Kier alpha value is -1.38. The van der Waals surface area contributed by atoms with E-state index in [1.165, 1.54) is 6.07 Å². The third-order valence-electron chi connectivity index (χ3n) is 3.49. The van der Waals surface area contributed by atoms with Gasteiger partial charge in [0.2, 0.25) is 0 Å². The standard InChI is InChI=1S/C14H18FNO/c1-10-5-6-11(12(15)9-10)13(17)16-14(2)7-3-4-8-14/h5-6,9H,3-4,7-8H2,1-2H3,(H,16,17). The summed E-state index contributed by atoms with van der Waals surface area (Å²) < 4.78 is 13.6. The fourth-order valence-electron chi connectivity index (χ4n) is 2.43. The van der Waals surface area contributed by atoms with Crippen LogP contribution in [0.3, 0.4) is 0 Å². The molecule has 1 saturated carbocycles. The van der Waals surface area contributed by atoms with Gasteiger partial charge in [0.1, 0.15) is 5.82 Å². The van der Waals surface area contributed by atoms with Gasteiger partial charge >= 0.3 is 0 Å². The van der Waals surface area contributed by atoms with Gasteiger partial charge in [0.05, 0.1) is 5.56 Å². The van der Waals surface area contributed by atoms with Crippen LogP contribution < -0.4 is 5.32 Å². The summed E-state index contributed by atoms with van der Waals surface area (Å²) in [5.41, 5.74) is 0.809. The minimum atomic E-state index is -0.441. The molecule has 0 heterocycles. The number of hydrogen-bond donors (Lipinski definition) is 1. The molecule has 92 valence electrons. The minimum absolute atomic E-state index is 0.142. The van der Waals surface area contributed by atoms with Gasteiger partial charge in [-0.15, -0.1) is 0 Å². The van der Waals surface area contributed by atoms with Crippen molar-refractivity contribution >= 4 is 5.91 Å². The predicted molar refractivity (Wildman–Crippen MR) is 65.5 cm³/mol. The number of nitrogens with one attached hydrogen (secondary N) is 1. The lowest BCUT2D eigenvalue weighted by Crippen LogP contribution is -2.43. The number of rotatable bonds is 2. The van der Waals surface area contributed by atoms with Crippen LogP contribution in [0.1, 0.15) is 48.5 Å². The Morgan fingerprint density at radius 2 is 2.00 bits per heavy atom. The van der Waals surface area contributed by atoms with Gasteiger partial charge in [-0.25, -0.2) is 4.39 Å². The lowest BCUT2D eigenvalue weighted by atomic mass is 10.00. The molecule has 0 unspecified atom stereocenters. The number of hydrogen-bond acceptors (Lipinski definition) is 1. The summed E-state index contributed by atoms with van der Waals surface area (Å²) in [5.74, 6) is -0.740. The largest absolute Gasteiger partial charge is 0.347 e. The summed E-state index contributed by atoms with van der Waals surface area (Å²) in [6.07, 6.45) is 4.22. The number of carbonyl (C=O) groups is 1. The molecule has 2 rings (SSSR count). The third-order valence-corrected chi connectivity index (χ3v) is 3.49. The number of aryl methyl sites for hydroxylation is 1. The summed E-state index contributed by atoms with van der Waals surface area (Å²) in [6.45, 7) is 3.84. The van der Waals surface area contributed by atoms with Crippen molar-refractivity contribution in [2.24, 2.45) is 0 Å². The van der Waals surface area contributed by atoms with Gasteiger partial charge in [-0.05, 0) is 44.4 Å². The molecule has 0 aliphatic heterocycles. The van der Waals surface area contributed by atoms with Crippen LogP contribution in [0.15, 0.2) is 18.2 Å². The maximum atomic E-state index is 13.6. The smallest absolute Gasteiger partial charge is 0.254 e. The summed E-state index contributed by atoms with van der Waals surface area (Å²) in [4.78, 5) is 12.0. The molecule has 0 atom stereocenters. The van der Waals surface area contributed by atoms with Crippen molar-refractivity contribution in [2.45, 2.75) is 45.1 Å². The van der Waals surface area contributed by atoms with Crippen molar-refractivity contribution in [1.29, 1.82) is 0 Å². The number of amides is 1. The summed E-state index contributed by atoms with van der Waals surface area (Å²) in [5, 5.41) is 2.95. The second-order valence-corrected chi connectivity index (χ2v) is 5.21. The first-order valence-corrected chi connectivity index (χ1v) is 6.09. The lowest BCUT2D eigenvalue weighted by molar-refractivity contribution is 0.0904. The van der Waals surface area contributed by atoms with Crippen molar-refractivity contribution in [1.82, 2.24) is 5.32 Å². The average Bonchev–Trinajstić information content (AvgIpc) is 2.64. The van der Waals surface area contributed by atoms with E-state index in [0.29, 0.717) is 0 Å². The van der Waals surface area contributed by atoms with Gasteiger partial charge in [0.25, 0.3) is 5.91 Å². The Morgan fingerprint density at radius 3 is 2.59 bits per heavy atom. The van der Waals surface area contributed by atoms with Crippen molar-refractivity contribution in [3.63, 3.8) is 0 Å². The van der Waals surface area contributed by atoms with Crippen molar-refractivity contribution < 1.29 is 9.18 Å². The first-order chi connectivity index (χ1) is 8.00. The molecule has 1 aromatic rings. The Labute approximate surface area is 101 Å². The number of halogens is 1. The van der Waals surface area contributed by atoms with Crippen LogP contribution >= 0.6 is 0 Å². The SMILES string of the molecule is Cc1ccc(C(=O)NC2(C)CCCC2)c(F)c1. The molecule has 0 bridgehead atoms. The summed E-state index contributed by atoms with van der Waals surface area (Å²) >= 11 is 0. The van der Waals surface area contributed by atoms with Gasteiger partial charge in [-0.1, -0.05) is 18.9 Å². The Balaban J connectivity index is 2.14. The molecule has 1 N–H and O–H groups in total. The zero-order valence-corrected chi connectivity index (χ0v) is 10.3. The fourth-order valence-corrected chi connectivity index (χ4v) is 2.43. The van der Waals surface area contributed by atoms with Gasteiger partial charge in [0, 0.05) is 5.54 Å². The van der Waals surface area contributed by atoms with E-state index in [9.17, 15) is 9.18 Å². The van der Waals surface area contributed by atoms with Crippen LogP contribution in [-0.4, -0.2) is 11.4 Å². The van der Waals surface area contributed by atoms with Crippen molar-refractivity contribution in [3.8, 4) is 0 Å². The van der Waals surface area contributed by atoms with E-state index in [2.05, 4.69) is 5.32 Å². The van der Waals surface area contributed by atoms with Crippen LogP contribution in [-0.2, 0) is 0 Å². The highest BCUT2D eigenvalue weighted by atomic mass is 19.1. The predicted octanol–water partition coefficient (Wildman–Crippen LogP) is 3.20. The van der Waals surface area contributed by atoms with Crippen LogP contribution in [0, 0.1) is 12.7 Å². The lowest BCUT2D eigenvalue weighted by Gasteiger charge is -2.25. The second kappa shape index (κ2) is 4.47. The molecule has 0 aromatic heterocycles. The highest BCUT2D eigenvalue weighted by Crippen LogP contribution is 2.29. The zero-order chi connectivity index (χ0) is 12.5. The highest BCUT2D eigenvalue weighted by molar-refractivity contribution is 5.95. The van der Waals surface area contributed by atoms with E-state index in [4.69, 9.17) is 0 Å². The Morgan fingerprint density at radius 1 is 1.35 bits per heavy atom. The van der Waals surface area contributed by atoms with Gasteiger partial charge < -0.3 is 5.32 Å². The highest BCUT2D eigenvalue weighted by Gasteiger charge is 2.30. The average molecular weight is 235 g/mol. The zero-order valence-electron chi connectivity index (χ0n) is 10.3.